The van der Waals surface area contributed by atoms with Gasteiger partial charge in [-0.15, -0.1) is 0 Å². The monoisotopic (exact) mass is 288 g/mol. The summed E-state index contributed by atoms with van der Waals surface area (Å²) in [5.74, 6) is 0.598. The third kappa shape index (κ3) is 3.56. The summed E-state index contributed by atoms with van der Waals surface area (Å²) in [5.41, 5.74) is 0. The lowest BCUT2D eigenvalue weighted by molar-refractivity contribution is 0.236. The van der Waals surface area contributed by atoms with Crippen molar-refractivity contribution >= 4 is 10.0 Å². The Labute approximate surface area is 113 Å². The predicted octanol–water partition coefficient (Wildman–Crippen LogP) is 0.392. The molecule has 1 unspecified atom stereocenters. The van der Waals surface area contributed by atoms with Crippen molar-refractivity contribution in [1.29, 1.82) is 0 Å². The summed E-state index contributed by atoms with van der Waals surface area (Å²) in [4.78, 5) is 2.30. The number of aliphatic hydroxyl groups is 1. The zero-order valence-corrected chi connectivity index (χ0v) is 11.8. The topological polar surface area (TPSA) is 82.8 Å². The van der Waals surface area contributed by atoms with E-state index < -0.39 is 10.0 Å². The molecule has 0 radical (unpaired) electrons. The van der Waals surface area contributed by atoms with Crippen molar-refractivity contribution < 1.29 is 17.9 Å². The molecule has 1 aromatic rings. The number of likely N-dealkylation sites (tertiary alicyclic amines) is 1. The van der Waals surface area contributed by atoms with Gasteiger partial charge in [0.05, 0.1) is 0 Å². The van der Waals surface area contributed by atoms with Crippen molar-refractivity contribution in [2.45, 2.75) is 25.0 Å². The third-order valence-electron chi connectivity index (χ3n) is 3.44. The smallest absolute Gasteiger partial charge is 0.273 e. The maximum atomic E-state index is 12.0. The number of nitrogens with one attached hydrogen (secondary N) is 1. The van der Waals surface area contributed by atoms with E-state index in [0.717, 1.165) is 26.1 Å². The summed E-state index contributed by atoms with van der Waals surface area (Å²) in [6.07, 6.45) is 1.01. The van der Waals surface area contributed by atoms with Crippen LogP contribution in [0.2, 0.25) is 0 Å². The molecular formula is C12H20N2O4S. The van der Waals surface area contributed by atoms with Crippen LogP contribution in [0.3, 0.4) is 0 Å². The number of sulfonamides is 1. The number of hydrogen-bond donors (Lipinski definition) is 2. The van der Waals surface area contributed by atoms with Crippen LogP contribution in [0.5, 0.6) is 0 Å². The lowest BCUT2D eigenvalue weighted by Gasteiger charge is -2.13. The van der Waals surface area contributed by atoms with Gasteiger partial charge in [-0.2, -0.15) is 0 Å². The average Bonchev–Trinajstić information content (AvgIpc) is 3.05. The Morgan fingerprint density at radius 2 is 2.32 bits per heavy atom. The quantitative estimate of drug-likeness (QED) is 0.791. The normalized spacial score (nSPS) is 21.1. The summed E-state index contributed by atoms with van der Waals surface area (Å²) in [7, 11) is -3.61. The Hall–Kier alpha value is -0.890. The van der Waals surface area contributed by atoms with Crippen LogP contribution in [0.15, 0.2) is 21.6 Å². The molecule has 7 heteroatoms. The minimum absolute atomic E-state index is 0.137. The molecule has 0 aliphatic carbocycles. The first-order chi connectivity index (χ1) is 9.05. The van der Waals surface area contributed by atoms with Crippen molar-refractivity contribution in [1.82, 2.24) is 9.62 Å². The summed E-state index contributed by atoms with van der Waals surface area (Å²) in [6, 6.07) is 2.82. The molecule has 0 spiro atoms. The number of rotatable bonds is 6. The largest absolute Gasteiger partial charge is 0.446 e. The second kappa shape index (κ2) is 6.04. The Balaban J connectivity index is 1.91. The van der Waals surface area contributed by atoms with Crippen molar-refractivity contribution in [2.75, 3.05) is 26.2 Å². The fraction of sp³-hybridized carbons (Fsp3) is 0.667. The second-order valence-electron chi connectivity index (χ2n) is 4.78. The summed E-state index contributed by atoms with van der Waals surface area (Å²) >= 11 is 0. The Kier molecular flexibility index (Phi) is 4.62. The van der Waals surface area contributed by atoms with Gasteiger partial charge in [-0.3, -0.25) is 0 Å². The van der Waals surface area contributed by atoms with Gasteiger partial charge in [-0.25, -0.2) is 13.1 Å². The van der Waals surface area contributed by atoms with E-state index in [9.17, 15) is 8.42 Å². The van der Waals surface area contributed by atoms with Crippen LogP contribution >= 0.6 is 0 Å². The van der Waals surface area contributed by atoms with Gasteiger partial charge >= 0.3 is 0 Å². The number of nitrogens with zero attached hydrogens (tertiary/aromatic N) is 1. The lowest BCUT2D eigenvalue weighted by Crippen LogP contribution is -2.30. The van der Waals surface area contributed by atoms with Crippen LogP contribution in [0, 0.1) is 5.92 Å². The van der Waals surface area contributed by atoms with E-state index in [4.69, 9.17) is 9.52 Å². The first kappa shape index (κ1) is 14.5. The first-order valence-electron chi connectivity index (χ1n) is 6.46. The Bertz CT molecular complexity index is 512. The Morgan fingerprint density at radius 1 is 1.53 bits per heavy atom. The lowest BCUT2D eigenvalue weighted by atomic mass is 10.1. The zero-order valence-electron chi connectivity index (χ0n) is 11.0. The summed E-state index contributed by atoms with van der Waals surface area (Å²) in [6.45, 7) is 5.18. The molecule has 1 aliphatic heterocycles. The molecule has 2 rings (SSSR count). The van der Waals surface area contributed by atoms with Crippen LogP contribution < -0.4 is 4.72 Å². The van der Waals surface area contributed by atoms with Gasteiger partial charge in [0.15, 0.2) is 0 Å². The zero-order chi connectivity index (χ0) is 13.9. The molecular weight excluding hydrogens is 268 g/mol. The molecule has 108 valence electrons. The molecule has 1 fully saturated rings. The molecule has 19 heavy (non-hydrogen) atoms. The number of furan rings is 1. The first-order valence-corrected chi connectivity index (χ1v) is 7.95. The summed E-state index contributed by atoms with van der Waals surface area (Å²) < 4.78 is 31.6. The van der Waals surface area contributed by atoms with Gasteiger partial charge in [0.1, 0.15) is 12.4 Å². The van der Waals surface area contributed by atoms with Crippen LogP contribution in [0.1, 0.15) is 19.1 Å². The molecule has 2 heterocycles. The van der Waals surface area contributed by atoms with Crippen molar-refractivity contribution in [3.8, 4) is 0 Å². The van der Waals surface area contributed by atoms with Gasteiger partial charge < -0.3 is 14.4 Å². The van der Waals surface area contributed by atoms with Crippen molar-refractivity contribution in [2.24, 2.45) is 5.92 Å². The van der Waals surface area contributed by atoms with E-state index in [-0.39, 0.29) is 17.5 Å². The van der Waals surface area contributed by atoms with Crippen molar-refractivity contribution in [3.05, 3.63) is 17.9 Å². The number of hydrogen-bond acceptors (Lipinski definition) is 5. The van der Waals surface area contributed by atoms with E-state index >= 15 is 0 Å². The molecule has 0 aromatic carbocycles. The highest BCUT2D eigenvalue weighted by Crippen LogP contribution is 2.17. The van der Waals surface area contributed by atoms with E-state index in [1.807, 2.05) is 0 Å². The average molecular weight is 288 g/mol. The maximum Gasteiger partial charge on any atom is 0.273 e. The fourth-order valence-electron chi connectivity index (χ4n) is 2.25. The minimum Gasteiger partial charge on any atom is -0.446 e. The van der Waals surface area contributed by atoms with Gasteiger partial charge in [0.2, 0.25) is 5.09 Å². The molecule has 6 nitrogen and oxygen atoms in total. The van der Waals surface area contributed by atoms with Gasteiger partial charge in [-0.05, 0) is 37.6 Å². The molecule has 1 aliphatic rings. The fourth-order valence-corrected chi connectivity index (χ4v) is 3.31. The standard InChI is InChI=1S/C12H20N2O4S/c1-2-14-6-5-10(8-14)7-13-19(16,17)12-4-3-11(9-15)18-12/h3-4,10,13,15H,2,5-9H2,1H3. The van der Waals surface area contributed by atoms with E-state index in [0.29, 0.717) is 12.5 Å². The SMILES string of the molecule is CCN1CCC(CNS(=O)(=O)c2ccc(CO)o2)C1. The van der Waals surface area contributed by atoms with Gasteiger partial charge in [0.25, 0.3) is 10.0 Å². The highest BCUT2D eigenvalue weighted by molar-refractivity contribution is 7.89. The molecule has 0 amide bonds. The molecule has 0 saturated carbocycles. The highest BCUT2D eigenvalue weighted by atomic mass is 32.2. The maximum absolute atomic E-state index is 12.0. The van der Waals surface area contributed by atoms with Gasteiger partial charge in [0, 0.05) is 13.1 Å². The van der Waals surface area contributed by atoms with E-state index in [2.05, 4.69) is 16.5 Å². The molecule has 1 saturated heterocycles. The Morgan fingerprint density at radius 3 is 2.89 bits per heavy atom. The molecule has 1 aromatic heterocycles. The van der Waals surface area contributed by atoms with Gasteiger partial charge in [-0.1, -0.05) is 6.92 Å². The predicted molar refractivity (Wildman–Crippen MR) is 70.0 cm³/mol. The van der Waals surface area contributed by atoms with Crippen LogP contribution in [0.25, 0.3) is 0 Å². The molecule has 1 atom stereocenters. The van der Waals surface area contributed by atoms with E-state index in [1.54, 1.807) is 0 Å². The molecule has 0 bridgehead atoms. The van der Waals surface area contributed by atoms with Crippen LogP contribution in [-0.4, -0.2) is 44.6 Å². The van der Waals surface area contributed by atoms with Crippen LogP contribution in [0.4, 0.5) is 0 Å². The van der Waals surface area contributed by atoms with Crippen LogP contribution in [-0.2, 0) is 16.6 Å². The highest BCUT2D eigenvalue weighted by Gasteiger charge is 2.24. The summed E-state index contributed by atoms with van der Waals surface area (Å²) in [5, 5.41) is 8.72. The number of aliphatic hydroxyl groups excluding tert-OH is 1. The van der Waals surface area contributed by atoms with E-state index in [1.165, 1.54) is 12.1 Å². The minimum atomic E-state index is -3.61. The van der Waals surface area contributed by atoms with Crippen molar-refractivity contribution in [3.63, 3.8) is 0 Å². The molecule has 2 N–H and O–H groups in total. The third-order valence-corrected chi connectivity index (χ3v) is 4.73. The second-order valence-corrected chi connectivity index (χ2v) is 6.48.